The van der Waals surface area contributed by atoms with Crippen molar-refractivity contribution in [3.8, 4) is 0 Å². The van der Waals surface area contributed by atoms with Crippen LogP contribution in [0.5, 0.6) is 0 Å². The number of aliphatic carboxylic acids is 1. The van der Waals surface area contributed by atoms with E-state index in [1.165, 1.54) is 0 Å². The fourth-order valence-corrected chi connectivity index (χ4v) is 2.34. The molecule has 5 nitrogen and oxygen atoms in total. The highest BCUT2D eigenvalue weighted by Crippen LogP contribution is 2.33. The lowest BCUT2D eigenvalue weighted by atomic mass is 10.1. The lowest BCUT2D eigenvalue weighted by molar-refractivity contribution is -0.139. The van der Waals surface area contributed by atoms with Crippen molar-refractivity contribution in [3.63, 3.8) is 0 Å². The van der Waals surface area contributed by atoms with Gasteiger partial charge in [0.1, 0.15) is 6.04 Å². The second-order valence-corrected chi connectivity index (χ2v) is 5.32. The highest BCUT2D eigenvalue weighted by molar-refractivity contribution is 5.99. The third kappa shape index (κ3) is 2.66. The van der Waals surface area contributed by atoms with E-state index in [1.807, 2.05) is 12.1 Å². The molecule has 5 heteroatoms. The Kier molecular flexibility index (Phi) is 3.18. The first-order valence-corrected chi connectivity index (χ1v) is 6.74. The molecule has 1 atom stereocenters. The van der Waals surface area contributed by atoms with Crippen molar-refractivity contribution in [1.82, 2.24) is 10.3 Å². The SMILES string of the molecule is O=C(NC(CC1CC1)C(=O)O)c1ccc2[nH]ccc2c1. The number of hydrogen-bond acceptors (Lipinski definition) is 2. The van der Waals surface area contributed by atoms with E-state index in [9.17, 15) is 9.59 Å². The van der Waals surface area contributed by atoms with Gasteiger partial charge in [0, 0.05) is 22.7 Å². The molecule has 0 bridgehead atoms. The maximum atomic E-state index is 12.1. The third-order valence-electron chi connectivity index (χ3n) is 3.68. The van der Waals surface area contributed by atoms with Crippen LogP contribution in [0.15, 0.2) is 30.5 Å². The van der Waals surface area contributed by atoms with Gasteiger partial charge in [0.25, 0.3) is 5.91 Å². The molecular weight excluding hydrogens is 256 g/mol. The fraction of sp³-hybridized carbons (Fsp3) is 0.333. The number of carboxylic acids is 1. The number of nitrogens with one attached hydrogen (secondary N) is 2. The Bertz CT molecular complexity index is 658. The third-order valence-corrected chi connectivity index (χ3v) is 3.68. The Morgan fingerprint density at radius 2 is 2.15 bits per heavy atom. The topological polar surface area (TPSA) is 82.2 Å². The van der Waals surface area contributed by atoms with Gasteiger partial charge in [0.2, 0.25) is 0 Å². The first-order chi connectivity index (χ1) is 9.63. The minimum absolute atomic E-state index is 0.332. The Morgan fingerprint density at radius 1 is 1.35 bits per heavy atom. The zero-order valence-electron chi connectivity index (χ0n) is 10.9. The number of carbonyl (C=O) groups is 2. The van der Waals surface area contributed by atoms with Crippen LogP contribution in [0.4, 0.5) is 0 Å². The van der Waals surface area contributed by atoms with Crippen molar-refractivity contribution in [2.24, 2.45) is 5.92 Å². The Hall–Kier alpha value is -2.30. The van der Waals surface area contributed by atoms with Gasteiger partial charge in [-0.25, -0.2) is 4.79 Å². The molecule has 20 heavy (non-hydrogen) atoms. The van der Waals surface area contributed by atoms with Gasteiger partial charge in [-0.15, -0.1) is 0 Å². The average Bonchev–Trinajstić information content (AvgIpc) is 3.12. The van der Waals surface area contributed by atoms with Crippen molar-refractivity contribution >= 4 is 22.8 Å². The van der Waals surface area contributed by atoms with Crippen molar-refractivity contribution in [2.45, 2.75) is 25.3 Å². The van der Waals surface area contributed by atoms with E-state index in [1.54, 1.807) is 18.3 Å². The normalized spacial score (nSPS) is 16.0. The number of amides is 1. The molecule has 0 spiro atoms. The average molecular weight is 272 g/mol. The van der Waals surface area contributed by atoms with Gasteiger partial charge in [-0.05, 0) is 36.6 Å². The van der Waals surface area contributed by atoms with Crippen LogP contribution in [0.3, 0.4) is 0 Å². The van der Waals surface area contributed by atoms with Gasteiger partial charge >= 0.3 is 5.97 Å². The summed E-state index contributed by atoms with van der Waals surface area (Å²) < 4.78 is 0. The maximum Gasteiger partial charge on any atom is 0.326 e. The lowest BCUT2D eigenvalue weighted by Gasteiger charge is -2.14. The fourth-order valence-electron chi connectivity index (χ4n) is 2.34. The summed E-state index contributed by atoms with van der Waals surface area (Å²) in [7, 11) is 0. The summed E-state index contributed by atoms with van der Waals surface area (Å²) in [6, 6.07) is 6.37. The van der Waals surface area contributed by atoms with E-state index >= 15 is 0 Å². The molecule has 1 aromatic carbocycles. The van der Waals surface area contributed by atoms with E-state index in [0.29, 0.717) is 17.9 Å². The summed E-state index contributed by atoms with van der Waals surface area (Å²) in [5.74, 6) is -0.849. The van der Waals surface area contributed by atoms with Crippen molar-refractivity contribution in [1.29, 1.82) is 0 Å². The highest BCUT2D eigenvalue weighted by atomic mass is 16.4. The Morgan fingerprint density at radius 3 is 2.85 bits per heavy atom. The minimum Gasteiger partial charge on any atom is -0.480 e. The zero-order chi connectivity index (χ0) is 14.1. The van der Waals surface area contributed by atoms with Crippen molar-refractivity contribution < 1.29 is 14.7 Å². The van der Waals surface area contributed by atoms with Crippen LogP contribution in [0.25, 0.3) is 10.9 Å². The highest BCUT2D eigenvalue weighted by Gasteiger charge is 2.30. The van der Waals surface area contributed by atoms with Crippen molar-refractivity contribution in [2.75, 3.05) is 0 Å². The number of rotatable bonds is 5. The second kappa shape index (κ2) is 5.00. The number of carboxylic acid groups (broad SMARTS) is 1. The molecule has 0 aliphatic heterocycles. The van der Waals surface area contributed by atoms with Crippen LogP contribution >= 0.6 is 0 Å². The van der Waals surface area contributed by atoms with Crippen LogP contribution in [0.2, 0.25) is 0 Å². The lowest BCUT2D eigenvalue weighted by Crippen LogP contribution is -2.41. The molecular formula is C15H16N2O3. The van der Waals surface area contributed by atoms with Gasteiger partial charge in [0.05, 0.1) is 0 Å². The first kappa shape index (κ1) is 12.7. The molecule has 0 radical (unpaired) electrons. The number of hydrogen-bond donors (Lipinski definition) is 3. The van der Waals surface area contributed by atoms with Crippen LogP contribution in [0.1, 0.15) is 29.6 Å². The Labute approximate surface area is 116 Å². The van der Waals surface area contributed by atoms with E-state index in [-0.39, 0.29) is 5.91 Å². The molecule has 1 saturated carbocycles. The van der Waals surface area contributed by atoms with E-state index in [2.05, 4.69) is 10.3 Å². The van der Waals surface area contributed by atoms with Gasteiger partial charge in [-0.1, -0.05) is 12.8 Å². The van der Waals surface area contributed by atoms with Gasteiger partial charge < -0.3 is 15.4 Å². The quantitative estimate of drug-likeness (QED) is 0.780. The molecule has 1 unspecified atom stereocenters. The monoisotopic (exact) mass is 272 g/mol. The van der Waals surface area contributed by atoms with Crippen molar-refractivity contribution in [3.05, 3.63) is 36.0 Å². The molecule has 1 amide bonds. The predicted octanol–water partition coefficient (Wildman–Crippen LogP) is 2.15. The number of aromatic nitrogens is 1. The second-order valence-electron chi connectivity index (χ2n) is 5.32. The summed E-state index contributed by atoms with van der Waals surface area (Å²) in [5, 5.41) is 12.7. The number of carbonyl (C=O) groups excluding carboxylic acids is 1. The number of aromatic amines is 1. The molecule has 0 saturated heterocycles. The first-order valence-electron chi connectivity index (χ1n) is 6.74. The van der Waals surface area contributed by atoms with E-state index < -0.39 is 12.0 Å². The van der Waals surface area contributed by atoms with Crippen LogP contribution in [-0.4, -0.2) is 28.0 Å². The predicted molar refractivity (Wildman–Crippen MR) is 74.5 cm³/mol. The summed E-state index contributed by atoms with van der Waals surface area (Å²) in [6.07, 6.45) is 4.46. The molecule has 1 aromatic heterocycles. The molecule has 1 aliphatic rings. The summed E-state index contributed by atoms with van der Waals surface area (Å²) >= 11 is 0. The Balaban J connectivity index is 1.74. The smallest absolute Gasteiger partial charge is 0.326 e. The molecule has 2 aromatic rings. The van der Waals surface area contributed by atoms with Crippen LogP contribution in [-0.2, 0) is 4.79 Å². The molecule has 1 heterocycles. The van der Waals surface area contributed by atoms with Gasteiger partial charge in [-0.3, -0.25) is 4.79 Å². The molecule has 104 valence electrons. The number of fused-ring (bicyclic) bond motifs is 1. The van der Waals surface area contributed by atoms with E-state index in [4.69, 9.17) is 5.11 Å². The zero-order valence-corrected chi connectivity index (χ0v) is 10.9. The largest absolute Gasteiger partial charge is 0.480 e. The summed E-state index contributed by atoms with van der Waals surface area (Å²) in [6.45, 7) is 0. The molecule has 3 N–H and O–H groups in total. The standard InChI is InChI=1S/C15H16N2O3/c18-14(17-13(15(19)20)7-9-1-2-9)11-3-4-12-10(8-11)5-6-16-12/h3-6,8-9,13,16H,1-2,7H2,(H,17,18)(H,19,20). The molecule has 1 aliphatic carbocycles. The number of H-pyrrole nitrogens is 1. The van der Waals surface area contributed by atoms with E-state index in [0.717, 1.165) is 23.7 Å². The molecule has 3 rings (SSSR count). The van der Waals surface area contributed by atoms with Gasteiger partial charge in [-0.2, -0.15) is 0 Å². The summed E-state index contributed by atoms with van der Waals surface area (Å²) in [4.78, 5) is 26.4. The van der Waals surface area contributed by atoms with Gasteiger partial charge in [0.15, 0.2) is 0 Å². The minimum atomic E-state index is -0.965. The summed E-state index contributed by atoms with van der Waals surface area (Å²) in [5.41, 5.74) is 1.44. The molecule has 1 fully saturated rings. The van der Waals surface area contributed by atoms with Crippen LogP contribution < -0.4 is 5.32 Å². The number of benzene rings is 1. The van der Waals surface area contributed by atoms with Crippen LogP contribution in [0, 0.1) is 5.92 Å². The maximum absolute atomic E-state index is 12.1.